The van der Waals surface area contributed by atoms with E-state index in [4.69, 9.17) is 5.26 Å². The van der Waals surface area contributed by atoms with Gasteiger partial charge in [0.25, 0.3) is 0 Å². The zero-order valence-electron chi connectivity index (χ0n) is 9.47. The molecule has 1 aromatic heterocycles. The van der Waals surface area contributed by atoms with Gasteiger partial charge < -0.3 is 9.47 Å². The first kappa shape index (κ1) is 10.7. The number of hydrogen-bond donors (Lipinski definition) is 0. The van der Waals surface area contributed by atoms with E-state index in [0.717, 1.165) is 5.82 Å². The molecule has 84 valence electrons. The Hall–Kier alpha value is -1.83. The van der Waals surface area contributed by atoms with Gasteiger partial charge in [-0.1, -0.05) is 0 Å². The van der Waals surface area contributed by atoms with E-state index < -0.39 is 5.41 Å². The minimum Gasteiger partial charge on any atom is -0.337 e. The lowest BCUT2D eigenvalue weighted by Crippen LogP contribution is -2.33. The first-order valence-electron chi connectivity index (χ1n) is 5.22. The topological polar surface area (TPSA) is 61.9 Å². The van der Waals surface area contributed by atoms with Crippen molar-refractivity contribution in [1.29, 1.82) is 5.26 Å². The van der Waals surface area contributed by atoms with Crippen LogP contribution in [0.2, 0.25) is 0 Å². The Morgan fingerprint density at radius 1 is 1.75 bits per heavy atom. The molecule has 1 heterocycles. The van der Waals surface area contributed by atoms with Crippen molar-refractivity contribution in [2.24, 2.45) is 12.5 Å². The molecule has 0 saturated heterocycles. The molecular formula is C11H14N4O. The largest absolute Gasteiger partial charge is 0.337 e. The molecule has 0 atom stereocenters. The first-order chi connectivity index (χ1) is 7.59. The highest BCUT2D eigenvalue weighted by molar-refractivity contribution is 5.88. The summed E-state index contributed by atoms with van der Waals surface area (Å²) in [5, 5.41) is 8.94. The van der Waals surface area contributed by atoms with Crippen molar-refractivity contribution >= 4 is 5.91 Å². The maximum absolute atomic E-state index is 12.0. The van der Waals surface area contributed by atoms with E-state index >= 15 is 0 Å². The second-order valence-corrected chi connectivity index (χ2v) is 4.31. The number of nitrogens with zero attached hydrogens (tertiary/aromatic N) is 4. The number of nitriles is 1. The van der Waals surface area contributed by atoms with Crippen LogP contribution in [0.3, 0.4) is 0 Å². The van der Waals surface area contributed by atoms with Crippen LogP contribution >= 0.6 is 0 Å². The highest BCUT2D eigenvalue weighted by atomic mass is 16.2. The van der Waals surface area contributed by atoms with Crippen molar-refractivity contribution in [2.45, 2.75) is 19.4 Å². The summed E-state index contributed by atoms with van der Waals surface area (Å²) in [5.41, 5.74) is -0.736. The highest BCUT2D eigenvalue weighted by Gasteiger charge is 2.52. The SMILES string of the molecule is CN(Cc1nccn1C)C(=O)C1(C#N)CC1. The van der Waals surface area contributed by atoms with Crippen LogP contribution in [-0.2, 0) is 18.4 Å². The summed E-state index contributed by atoms with van der Waals surface area (Å²) in [6, 6.07) is 2.11. The number of amides is 1. The maximum Gasteiger partial charge on any atom is 0.243 e. The average Bonchev–Trinajstić information content (AvgIpc) is 2.99. The monoisotopic (exact) mass is 218 g/mol. The van der Waals surface area contributed by atoms with Gasteiger partial charge in [-0.25, -0.2) is 4.98 Å². The molecule has 0 spiro atoms. The maximum atomic E-state index is 12.0. The van der Waals surface area contributed by atoms with Crippen molar-refractivity contribution in [3.8, 4) is 6.07 Å². The van der Waals surface area contributed by atoms with E-state index in [1.54, 1.807) is 18.1 Å². The number of aryl methyl sites for hydroxylation is 1. The first-order valence-corrected chi connectivity index (χ1v) is 5.22. The predicted molar refractivity (Wildman–Crippen MR) is 57.0 cm³/mol. The molecule has 1 aliphatic carbocycles. The van der Waals surface area contributed by atoms with Gasteiger partial charge in [0.05, 0.1) is 12.6 Å². The molecule has 0 bridgehead atoms. The molecule has 0 aliphatic heterocycles. The normalized spacial score (nSPS) is 16.6. The highest BCUT2D eigenvalue weighted by Crippen LogP contribution is 2.46. The molecule has 16 heavy (non-hydrogen) atoms. The summed E-state index contributed by atoms with van der Waals surface area (Å²) in [5.74, 6) is 0.739. The van der Waals surface area contributed by atoms with Gasteiger partial charge in [0.2, 0.25) is 5.91 Å². The molecule has 0 aromatic carbocycles. The minimum absolute atomic E-state index is 0.0852. The molecule has 5 nitrogen and oxygen atoms in total. The molecule has 1 aromatic rings. The van der Waals surface area contributed by atoms with E-state index in [9.17, 15) is 4.79 Å². The Morgan fingerprint density at radius 2 is 2.44 bits per heavy atom. The van der Waals surface area contributed by atoms with Crippen molar-refractivity contribution in [3.05, 3.63) is 18.2 Å². The van der Waals surface area contributed by atoms with Gasteiger partial charge in [-0.3, -0.25) is 4.79 Å². The predicted octanol–water partition coefficient (Wildman–Crippen LogP) is 0.682. The van der Waals surface area contributed by atoms with Crippen LogP contribution in [0, 0.1) is 16.7 Å². The van der Waals surface area contributed by atoms with E-state index in [1.807, 2.05) is 17.8 Å². The van der Waals surface area contributed by atoms with Gasteiger partial charge in [-0.05, 0) is 12.8 Å². The number of hydrogen-bond acceptors (Lipinski definition) is 3. The summed E-state index contributed by atoms with van der Waals surface area (Å²) in [4.78, 5) is 17.7. The number of rotatable bonds is 3. The van der Waals surface area contributed by atoms with Crippen LogP contribution in [0.5, 0.6) is 0 Å². The van der Waals surface area contributed by atoms with E-state index in [1.165, 1.54) is 0 Å². The fourth-order valence-electron chi connectivity index (χ4n) is 1.70. The van der Waals surface area contributed by atoms with Gasteiger partial charge >= 0.3 is 0 Å². The van der Waals surface area contributed by atoms with Gasteiger partial charge in [0.1, 0.15) is 11.2 Å². The molecule has 1 saturated carbocycles. The third-order valence-electron chi connectivity index (χ3n) is 3.02. The molecule has 5 heteroatoms. The summed E-state index contributed by atoms with van der Waals surface area (Å²) < 4.78 is 1.87. The number of carbonyl (C=O) groups excluding carboxylic acids is 1. The van der Waals surface area contributed by atoms with Crippen LogP contribution in [0.25, 0.3) is 0 Å². The van der Waals surface area contributed by atoms with Crippen molar-refractivity contribution < 1.29 is 4.79 Å². The molecule has 1 amide bonds. The Bertz CT molecular complexity index is 453. The Balaban J connectivity index is 2.05. The van der Waals surface area contributed by atoms with Crippen LogP contribution in [0.4, 0.5) is 0 Å². The van der Waals surface area contributed by atoms with Gasteiger partial charge in [0, 0.05) is 26.5 Å². The lowest BCUT2D eigenvalue weighted by atomic mass is 10.1. The fraction of sp³-hybridized carbons (Fsp3) is 0.545. The molecular weight excluding hydrogens is 204 g/mol. The Labute approximate surface area is 94.3 Å². The summed E-state index contributed by atoms with van der Waals surface area (Å²) >= 11 is 0. The third kappa shape index (κ3) is 1.67. The number of imidazole rings is 1. The molecule has 0 radical (unpaired) electrons. The summed E-state index contributed by atoms with van der Waals surface area (Å²) in [7, 11) is 3.60. The number of carbonyl (C=O) groups is 1. The van der Waals surface area contributed by atoms with Gasteiger partial charge in [0.15, 0.2) is 0 Å². The van der Waals surface area contributed by atoms with Gasteiger partial charge in [-0.15, -0.1) is 0 Å². The molecule has 0 N–H and O–H groups in total. The van der Waals surface area contributed by atoms with E-state index in [2.05, 4.69) is 11.1 Å². The van der Waals surface area contributed by atoms with Crippen LogP contribution in [0.1, 0.15) is 18.7 Å². The Morgan fingerprint density at radius 3 is 2.88 bits per heavy atom. The zero-order valence-corrected chi connectivity index (χ0v) is 9.47. The standard InChI is InChI=1S/C11H14N4O/c1-14-6-5-13-9(14)7-15(2)10(16)11(8-12)3-4-11/h5-6H,3-4,7H2,1-2H3. The second-order valence-electron chi connectivity index (χ2n) is 4.31. The lowest BCUT2D eigenvalue weighted by Gasteiger charge is -2.19. The fourth-order valence-corrected chi connectivity index (χ4v) is 1.70. The van der Waals surface area contributed by atoms with Crippen LogP contribution < -0.4 is 0 Å². The minimum atomic E-state index is -0.736. The molecule has 1 aliphatic rings. The Kier molecular flexibility index (Phi) is 2.43. The average molecular weight is 218 g/mol. The van der Waals surface area contributed by atoms with Crippen LogP contribution in [-0.4, -0.2) is 27.4 Å². The zero-order chi connectivity index (χ0) is 11.8. The quantitative estimate of drug-likeness (QED) is 0.749. The third-order valence-corrected chi connectivity index (χ3v) is 3.02. The van der Waals surface area contributed by atoms with E-state index in [0.29, 0.717) is 19.4 Å². The molecule has 2 rings (SSSR count). The smallest absolute Gasteiger partial charge is 0.243 e. The van der Waals surface area contributed by atoms with Crippen LogP contribution in [0.15, 0.2) is 12.4 Å². The number of aromatic nitrogens is 2. The molecule has 0 unspecified atom stereocenters. The van der Waals surface area contributed by atoms with Crippen molar-refractivity contribution in [3.63, 3.8) is 0 Å². The summed E-state index contributed by atoms with van der Waals surface area (Å²) in [6.07, 6.45) is 4.91. The van der Waals surface area contributed by atoms with Gasteiger partial charge in [-0.2, -0.15) is 5.26 Å². The molecule has 1 fully saturated rings. The van der Waals surface area contributed by atoms with Crippen molar-refractivity contribution in [2.75, 3.05) is 7.05 Å². The van der Waals surface area contributed by atoms with Crippen molar-refractivity contribution in [1.82, 2.24) is 14.5 Å². The second kappa shape index (κ2) is 3.63. The van der Waals surface area contributed by atoms with E-state index in [-0.39, 0.29) is 5.91 Å². The summed E-state index contributed by atoms with van der Waals surface area (Å²) in [6.45, 7) is 0.450. The lowest BCUT2D eigenvalue weighted by molar-refractivity contribution is -0.134.